The fraction of sp³-hybridized carbons (Fsp3) is 0. The number of carbonyl (C=O) groups is 1. The Kier molecular flexibility index (Phi) is 17.6. The summed E-state index contributed by atoms with van der Waals surface area (Å²) in [7, 11) is -20.3. The minimum atomic E-state index is -5.63. The molecule has 0 heterocycles. The topological polar surface area (TPSA) is 331 Å². The fourth-order valence-corrected chi connectivity index (χ4v) is 6.89. The maximum absolute atomic E-state index is 12.3. The van der Waals surface area contributed by atoms with Crippen molar-refractivity contribution in [1.29, 1.82) is 0 Å². The van der Waals surface area contributed by atoms with Crippen LogP contribution in [0.5, 0.6) is 5.75 Å². The van der Waals surface area contributed by atoms with Gasteiger partial charge >= 0.3 is 88.7 Å². The molecule has 0 saturated heterocycles. The van der Waals surface area contributed by atoms with Gasteiger partial charge in [-0.2, -0.15) is 5.11 Å². The molecule has 0 bridgehead atoms. The van der Waals surface area contributed by atoms with Crippen LogP contribution in [0.3, 0.4) is 0 Å². The average Bonchev–Trinajstić information content (AvgIpc) is 3.02. The Morgan fingerprint density at radius 3 is 1.74 bits per heavy atom. The number of amides is 1. The second kappa shape index (κ2) is 19.0. The third-order valence-electron chi connectivity index (χ3n) is 6.49. The zero-order valence-electron chi connectivity index (χ0n) is 27.9. The van der Waals surface area contributed by atoms with Gasteiger partial charge in [0, 0.05) is 11.1 Å². The summed E-state index contributed by atoms with van der Waals surface area (Å²) in [6, 6.07) is 8.08. The van der Waals surface area contributed by atoms with Crippen molar-refractivity contribution in [3.8, 4) is 5.75 Å². The number of nitrogens with zero attached hydrogens (tertiary/aromatic N) is 4. The van der Waals surface area contributed by atoms with Gasteiger partial charge in [-0.05, 0) is 75.9 Å². The van der Waals surface area contributed by atoms with E-state index in [1.807, 2.05) is 0 Å². The van der Waals surface area contributed by atoms with E-state index in [4.69, 9.17) is 5.73 Å². The predicted octanol–water partition coefficient (Wildman–Crippen LogP) is -4.55. The number of rotatable bonds is 11. The van der Waals surface area contributed by atoms with Crippen molar-refractivity contribution >= 4 is 107 Å². The van der Waals surface area contributed by atoms with E-state index < -0.39 is 100 Å². The zero-order chi connectivity index (χ0) is 38.3. The molecule has 268 valence electrons. The molecular formula is C27H18BrN6Na3O13S4. The van der Waals surface area contributed by atoms with Crippen molar-refractivity contribution in [2.24, 2.45) is 20.5 Å². The Hall–Kier alpha value is -1.95. The molecule has 0 radical (unpaired) electrons. The molecule has 0 aromatic heterocycles. The third kappa shape index (κ3) is 11.6. The van der Waals surface area contributed by atoms with Crippen LogP contribution in [0, 0.1) is 0 Å². The van der Waals surface area contributed by atoms with E-state index in [0.29, 0.717) is 17.5 Å². The average molecular weight is 912 g/mol. The number of nitrogens with two attached hydrogens (primary N) is 1. The van der Waals surface area contributed by atoms with E-state index in [1.54, 1.807) is 0 Å². The van der Waals surface area contributed by atoms with Crippen molar-refractivity contribution in [1.82, 2.24) is 0 Å². The molecule has 0 aliphatic heterocycles. The Balaban J connectivity index is 0.00000486. The van der Waals surface area contributed by atoms with Crippen molar-refractivity contribution in [2.45, 2.75) is 19.6 Å². The number of nitrogen functional groups attached to an aromatic ring is 1. The number of fused-ring (bicyclic) bond motifs is 1. The molecule has 4 rings (SSSR count). The number of aromatic hydroxyl groups is 1. The van der Waals surface area contributed by atoms with Gasteiger partial charge < -0.3 is 29.8 Å². The number of anilines is 2. The molecule has 27 heteroatoms. The molecule has 0 spiro atoms. The molecule has 4 aromatic rings. The van der Waals surface area contributed by atoms with Gasteiger partial charge in [-0.25, -0.2) is 33.7 Å². The first kappa shape index (κ1) is 50.1. The molecule has 4 aromatic carbocycles. The number of sulfone groups is 1. The number of nitrogens with one attached hydrogen (secondary N) is 1. The molecule has 0 aliphatic carbocycles. The normalized spacial score (nSPS) is 12.1. The van der Waals surface area contributed by atoms with E-state index in [1.165, 1.54) is 0 Å². The van der Waals surface area contributed by atoms with Gasteiger partial charge in [-0.3, -0.25) is 4.79 Å². The summed E-state index contributed by atoms with van der Waals surface area (Å²) in [5.41, 5.74) is 2.18. The number of phenols is 1. The van der Waals surface area contributed by atoms with Gasteiger partial charge in [-0.1, -0.05) is 13.2 Å². The van der Waals surface area contributed by atoms with Crippen molar-refractivity contribution < 1.29 is 146 Å². The van der Waals surface area contributed by atoms with Crippen LogP contribution in [0.15, 0.2) is 118 Å². The molecule has 0 atom stereocenters. The number of phenolic OH excluding ortho intramolecular Hbond substituents is 1. The van der Waals surface area contributed by atoms with E-state index in [9.17, 15) is 57.2 Å². The number of benzene rings is 4. The van der Waals surface area contributed by atoms with Crippen LogP contribution < -0.4 is 99.7 Å². The van der Waals surface area contributed by atoms with Crippen LogP contribution in [0.4, 0.5) is 34.1 Å². The van der Waals surface area contributed by atoms with Gasteiger partial charge in [0.15, 0.2) is 15.6 Å². The largest absolute Gasteiger partial charge is 1.00 e. The summed E-state index contributed by atoms with van der Waals surface area (Å²) >= 11 is 2.83. The van der Waals surface area contributed by atoms with Crippen LogP contribution in [-0.4, -0.2) is 58.3 Å². The first-order chi connectivity index (χ1) is 23.5. The molecule has 0 fully saturated rings. The SMILES string of the molecule is C=CS(=O)(=O)c1ccc(N=Nc2c(S(=O)(=O)[O-])cc3cc(S(=O)(=O)[O-])c(N=Nc4cc(NC(=O)C(=C)Br)ccc4S(=O)(=O)[O-])c(O)c3c2N)cc1.[Na+].[Na+].[Na+]. The predicted molar refractivity (Wildman–Crippen MR) is 179 cm³/mol. The summed E-state index contributed by atoms with van der Waals surface area (Å²) in [6.07, 6.45) is 0. The molecule has 1 amide bonds. The molecule has 54 heavy (non-hydrogen) atoms. The van der Waals surface area contributed by atoms with Crippen LogP contribution >= 0.6 is 15.9 Å². The fourth-order valence-electron chi connectivity index (χ4n) is 4.19. The Bertz CT molecular complexity index is 2700. The number of hydrogen-bond donors (Lipinski definition) is 3. The summed E-state index contributed by atoms with van der Waals surface area (Å²) in [5.74, 6) is -2.07. The minimum absolute atomic E-state index is 0. The van der Waals surface area contributed by atoms with E-state index in [-0.39, 0.29) is 109 Å². The van der Waals surface area contributed by atoms with E-state index >= 15 is 0 Å². The maximum Gasteiger partial charge on any atom is 1.00 e. The van der Waals surface area contributed by atoms with Gasteiger partial charge in [0.1, 0.15) is 47.4 Å². The Labute approximate surface area is 382 Å². The Morgan fingerprint density at radius 2 is 1.26 bits per heavy atom. The standard InChI is InChI=1S/C27H21BrN6O13S4.3Na/c1-3-48(37,38)17-7-4-15(5-8-17)31-33-24-20(50(42,43)44)10-14-11-21(51(45,46)47)25(26(35)22(14)23(24)29)34-32-18-12-16(30-27(36)13(2)28)6-9-19(18)49(39,40)41;;;/h3-12,35H,1-2,29H2,(H,30,36)(H,39,40,41)(H,42,43,44)(H,45,46,47);;;/q;3*+1/p-3. The first-order valence-corrected chi connectivity index (χ1v) is 19.6. The third-order valence-corrected chi connectivity index (χ3v) is 10.8. The van der Waals surface area contributed by atoms with Gasteiger partial charge in [0.25, 0.3) is 5.91 Å². The second-order valence-corrected chi connectivity index (χ2v) is 16.7. The van der Waals surface area contributed by atoms with Crippen LogP contribution in [0.1, 0.15) is 0 Å². The maximum atomic E-state index is 12.3. The van der Waals surface area contributed by atoms with E-state index in [0.717, 1.165) is 42.5 Å². The molecule has 0 saturated carbocycles. The molecule has 0 unspecified atom stereocenters. The smallest absolute Gasteiger partial charge is 0.744 e. The number of azo groups is 2. The summed E-state index contributed by atoms with van der Waals surface area (Å²) in [6.45, 7) is 6.55. The molecule has 0 aliphatic rings. The number of carbonyl (C=O) groups excluding carboxylic acids is 1. The van der Waals surface area contributed by atoms with Gasteiger partial charge in [0.2, 0.25) is 0 Å². The summed E-state index contributed by atoms with van der Waals surface area (Å²) in [4.78, 5) is 8.26. The quantitative estimate of drug-likeness (QED) is 0.0420. The molecule has 19 nitrogen and oxygen atoms in total. The second-order valence-electron chi connectivity index (χ2n) is 9.82. The van der Waals surface area contributed by atoms with Crippen molar-refractivity contribution in [2.75, 3.05) is 11.1 Å². The van der Waals surface area contributed by atoms with Crippen molar-refractivity contribution in [3.63, 3.8) is 0 Å². The number of hydrogen-bond acceptors (Lipinski definition) is 18. The van der Waals surface area contributed by atoms with Crippen LogP contribution in [0.2, 0.25) is 0 Å². The summed E-state index contributed by atoms with van der Waals surface area (Å²) < 4.78 is 133. The van der Waals surface area contributed by atoms with Crippen LogP contribution in [-0.2, 0) is 45.0 Å². The molecular weight excluding hydrogens is 893 g/mol. The van der Waals surface area contributed by atoms with Crippen LogP contribution in [0.25, 0.3) is 10.8 Å². The minimum Gasteiger partial charge on any atom is -0.744 e. The van der Waals surface area contributed by atoms with E-state index in [2.05, 4.69) is 54.9 Å². The zero-order valence-corrected chi connectivity index (χ0v) is 38.8. The molecule has 4 N–H and O–H groups in total. The van der Waals surface area contributed by atoms with Crippen molar-refractivity contribution in [3.05, 3.63) is 77.6 Å². The summed E-state index contributed by atoms with van der Waals surface area (Å²) in [5, 5.41) is 27.4. The monoisotopic (exact) mass is 910 g/mol. The van der Waals surface area contributed by atoms with Gasteiger partial charge in [0.05, 0.1) is 40.8 Å². The Morgan fingerprint density at radius 1 is 0.759 bits per heavy atom. The van der Waals surface area contributed by atoms with Gasteiger partial charge in [-0.15, -0.1) is 15.3 Å². The number of halogens is 1. The first-order valence-electron chi connectivity index (χ1n) is 13.1.